The standard InChI is InChI=1S/C12H20N4O3/c1-2-13-10-8-18-7-9(10)11-14-12(15-19-11)16-3-5-17-6-4-16/h9-10,13H,2-8H2,1H3. The summed E-state index contributed by atoms with van der Waals surface area (Å²) in [5.74, 6) is 1.49. The summed E-state index contributed by atoms with van der Waals surface area (Å²) in [6.07, 6.45) is 0. The van der Waals surface area contributed by atoms with Gasteiger partial charge >= 0.3 is 0 Å². The van der Waals surface area contributed by atoms with Crippen LogP contribution in [-0.2, 0) is 9.47 Å². The molecule has 19 heavy (non-hydrogen) atoms. The van der Waals surface area contributed by atoms with Crippen molar-refractivity contribution in [2.24, 2.45) is 0 Å². The van der Waals surface area contributed by atoms with Gasteiger partial charge in [-0.2, -0.15) is 4.98 Å². The minimum atomic E-state index is 0.155. The molecule has 0 aromatic carbocycles. The Morgan fingerprint density at radius 3 is 2.89 bits per heavy atom. The molecule has 7 heteroatoms. The first-order chi connectivity index (χ1) is 9.38. The molecule has 106 valence electrons. The Balaban J connectivity index is 1.69. The van der Waals surface area contributed by atoms with Crippen molar-refractivity contribution < 1.29 is 14.0 Å². The van der Waals surface area contributed by atoms with E-state index in [9.17, 15) is 0 Å². The highest BCUT2D eigenvalue weighted by molar-refractivity contribution is 5.28. The Labute approximate surface area is 112 Å². The maximum absolute atomic E-state index is 5.51. The van der Waals surface area contributed by atoms with Gasteiger partial charge in [0.15, 0.2) is 0 Å². The average Bonchev–Trinajstić information content (AvgIpc) is 3.08. The Kier molecular flexibility index (Phi) is 3.95. The molecule has 2 atom stereocenters. The highest BCUT2D eigenvalue weighted by Crippen LogP contribution is 2.26. The SMILES string of the molecule is CCNC1COCC1c1nc(N2CCOCC2)no1. The molecule has 0 saturated carbocycles. The molecule has 7 nitrogen and oxygen atoms in total. The molecule has 1 aromatic heterocycles. The van der Waals surface area contributed by atoms with Gasteiger partial charge in [0.25, 0.3) is 5.95 Å². The predicted octanol–water partition coefficient (Wildman–Crippen LogP) is -0.00190. The Morgan fingerprint density at radius 2 is 2.11 bits per heavy atom. The number of hydrogen-bond donors (Lipinski definition) is 1. The topological polar surface area (TPSA) is 72.7 Å². The first-order valence-corrected chi connectivity index (χ1v) is 6.86. The highest BCUT2D eigenvalue weighted by atomic mass is 16.5. The second kappa shape index (κ2) is 5.85. The summed E-state index contributed by atoms with van der Waals surface area (Å²) in [5, 5.41) is 7.48. The molecule has 3 rings (SSSR count). The summed E-state index contributed by atoms with van der Waals surface area (Å²) < 4.78 is 16.2. The summed E-state index contributed by atoms with van der Waals surface area (Å²) >= 11 is 0. The zero-order chi connectivity index (χ0) is 13.1. The van der Waals surface area contributed by atoms with Crippen LogP contribution in [0.4, 0.5) is 5.95 Å². The molecule has 0 radical (unpaired) electrons. The van der Waals surface area contributed by atoms with Gasteiger partial charge in [0.2, 0.25) is 5.89 Å². The molecule has 1 N–H and O–H groups in total. The zero-order valence-corrected chi connectivity index (χ0v) is 11.2. The summed E-state index contributed by atoms with van der Waals surface area (Å²) in [6.45, 7) is 7.41. The molecule has 0 spiro atoms. The third-order valence-corrected chi connectivity index (χ3v) is 3.59. The van der Waals surface area contributed by atoms with E-state index in [1.54, 1.807) is 0 Å². The minimum Gasteiger partial charge on any atom is -0.379 e. The number of ether oxygens (including phenoxy) is 2. The zero-order valence-electron chi connectivity index (χ0n) is 11.2. The van der Waals surface area contributed by atoms with Crippen LogP contribution < -0.4 is 10.2 Å². The lowest BCUT2D eigenvalue weighted by molar-refractivity contribution is 0.121. The van der Waals surface area contributed by atoms with Crippen molar-refractivity contribution >= 4 is 5.95 Å². The van der Waals surface area contributed by atoms with Gasteiger partial charge in [-0.3, -0.25) is 0 Å². The van der Waals surface area contributed by atoms with E-state index < -0.39 is 0 Å². The number of rotatable bonds is 4. The fourth-order valence-corrected chi connectivity index (χ4v) is 2.53. The lowest BCUT2D eigenvalue weighted by Gasteiger charge is -2.24. The van der Waals surface area contributed by atoms with Crippen molar-refractivity contribution in [1.82, 2.24) is 15.5 Å². The number of morpholine rings is 1. The molecule has 2 aliphatic heterocycles. The molecule has 1 aromatic rings. The number of likely N-dealkylation sites (N-methyl/N-ethyl adjacent to an activating group) is 1. The summed E-state index contributed by atoms with van der Waals surface area (Å²) in [4.78, 5) is 6.61. The van der Waals surface area contributed by atoms with Crippen molar-refractivity contribution in [2.45, 2.75) is 18.9 Å². The van der Waals surface area contributed by atoms with E-state index in [4.69, 9.17) is 14.0 Å². The minimum absolute atomic E-state index is 0.155. The van der Waals surface area contributed by atoms with E-state index in [0.29, 0.717) is 25.1 Å². The molecule has 3 heterocycles. The number of anilines is 1. The van der Waals surface area contributed by atoms with E-state index in [0.717, 1.165) is 32.8 Å². The van der Waals surface area contributed by atoms with E-state index in [2.05, 4.69) is 27.3 Å². The maximum atomic E-state index is 5.51. The van der Waals surface area contributed by atoms with Crippen molar-refractivity contribution in [3.8, 4) is 0 Å². The van der Waals surface area contributed by atoms with Crippen LogP contribution in [-0.4, -0.2) is 62.2 Å². The van der Waals surface area contributed by atoms with E-state index in [1.165, 1.54) is 0 Å². The van der Waals surface area contributed by atoms with Crippen LogP contribution in [0.5, 0.6) is 0 Å². The highest BCUT2D eigenvalue weighted by Gasteiger charge is 2.34. The molecule has 2 saturated heterocycles. The number of aromatic nitrogens is 2. The molecule has 2 fully saturated rings. The van der Waals surface area contributed by atoms with E-state index in [-0.39, 0.29) is 12.0 Å². The Bertz CT molecular complexity index is 405. The van der Waals surface area contributed by atoms with Crippen LogP contribution in [0.15, 0.2) is 4.52 Å². The normalized spacial score (nSPS) is 27.9. The summed E-state index contributed by atoms with van der Waals surface area (Å²) in [6, 6.07) is 0.267. The van der Waals surface area contributed by atoms with Gasteiger partial charge in [-0.05, 0) is 11.7 Å². The van der Waals surface area contributed by atoms with Crippen LogP contribution in [0.3, 0.4) is 0 Å². The maximum Gasteiger partial charge on any atom is 0.266 e. The smallest absolute Gasteiger partial charge is 0.266 e. The molecular weight excluding hydrogens is 248 g/mol. The molecule has 2 aliphatic rings. The van der Waals surface area contributed by atoms with Crippen LogP contribution in [0, 0.1) is 0 Å². The Morgan fingerprint density at radius 1 is 1.26 bits per heavy atom. The van der Waals surface area contributed by atoms with Gasteiger partial charge in [0, 0.05) is 19.1 Å². The molecular formula is C12H20N4O3. The molecule has 2 unspecified atom stereocenters. The molecule has 0 aliphatic carbocycles. The van der Waals surface area contributed by atoms with Crippen LogP contribution in [0.2, 0.25) is 0 Å². The number of nitrogens with one attached hydrogen (secondary N) is 1. The monoisotopic (exact) mass is 268 g/mol. The quantitative estimate of drug-likeness (QED) is 0.824. The fraction of sp³-hybridized carbons (Fsp3) is 0.833. The fourth-order valence-electron chi connectivity index (χ4n) is 2.53. The van der Waals surface area contributed by atoms with Crippen molar-refractivity contribution in [1.29, 1.82) is 0 Å². The first-order valence-electron chi connectivity index (χ1n) is 6.86. The largest absolute Gasteiger partial charge is 0.379 e. The van der Waals surface area contributed by atoms with E-state index in [1.807, 2.05) is 0 Å². The van der Waals surface area contributed by atoms with Crippen molar-refractivity contribution in [3.63, 3.8) is 0 Å². The lowest BCUT2D eigenvalue weighted by Crippen LogP contribution is -2.37. The van der Waals surface area contributed by atoms with Crippen LogP contribution >= 0.6 is 0 Å². The van der Waals surface area contributed by atoms with Gasteiger partial charge in [-0.15, -0.1) is 0 Å². The van der Waals surface area contributed by atoms with Gasteiger partial charge in [-0.1, -0.05) is 6.92 Å². The second-order valence-electron chi connectivity index (χ2n) is 4.84. The van der Waals surface area contributed by atoms with Crippen LogP contribution in [0.1, 0.15) is 18.7 Å². The lowest BCUT2D eigenvalue weighted by atomic mass is 10.0. The first kappa shape index (κ1) is 12.8. The third kappa shape index (κ3) is 2.72. The predicted molar refractivity (Wildman–Crippen MR) is 68.4 cm³/mol. The van der Waals surface area contributed by atoms with Crippen molar-refractivity contribution in [3.05, 3.63) is 5.89 Å². The molecule has 0 bridgehead atoms. The second-order valence-corrected chi connectivity index (χ2v) is 4.84. The summed E-state index contributed by atoms with van der Waals surface area (Å²) in [7, 11) is 0. The van der Waals surface area contributed by atoms with E-state index >= 15 is 0 Å². The van der Waals surface area contributed by atoms with Gasteiger partial charge in [0.1, 0.15) is 0 Å². The number of nitrogens with zero attached hydrogens (tertiary/aromatic N) is 3. The summed E-state index contributed by atoms with van der Waals surface area (Å²) in [5.41, 5.74) is 0. The van der Waals surface area contributed by atoms with Gasteiger partial charge in [-0.25, -0.2) is 0 Å². The van der Waals surface area contributed by atoms with Gasteiger partial charge in [0.05, 0.1) is 32.3 Å². The average molecular weight is 268 g/mol. The van der Waals surface area contributed by atoms with Crippen molar-refractivity contribution in [2.75, 3.05) is 51.0 Å². The number of hydrogen-bond acceptors (Lipinski definition) is 7. The molecule has 0 amide bonds. The van der Waals surface area contributed by atoms with Crippen LogP contribution in [0.25, 0.3) is 0 Å². The third-order valence-electron chi connectivity index (χ3n) is 3.59. The Hall–Kier alpha value is -1.18. The van der Waals surface area contributed by atoms with Gasteiger partial charge < -0.3 is 24.2 Å².